The van der Waals surface area contributed by atoms with E-state index in [4.69, 9.17) is 0 Å². The van der Waals surface area contributed by atoms with Gasteiger partial charge >= 0.3 is 0 Å². The van der Waals surface area contributed by atoms with Crippen molar-refractivity contribution in [2.45, 2.75) is 31.8 Å². The van der Waals surface area contributed by atoms with Crippen molar-refractivity contribution in [2.75, 3.05) is 11.9 Å². The van der Waals surface area contributed by atoms with E-state index in [9.17, 15) is 15.2 Å². The Morgan fingerprint density at radius 2 is 2.26 bits per heavy atom. The molecule has 1 aromatic heterocycles. The second-order valence-corrected chi connectivity index (χ2v) is 5.63. The molecule has 6 nitrogen and oxygen atoms in total. The van der Waals surface area contributed by atoms with Crippen LogP contribution in [0.2, 0.25) is 0 Å². The summed E-state index contributed by atoms with van der Waals surface area (Å²) in [5.41, 5.74) is -0.0462. The molecule has 7 heteroatoms. The Balaban J connectivity index is 1.97. The zero-order valence-electron chi connectivity index (χ0n) is 10.4. The van der Waals surface area contributed by atoms with E-state index in [-0.39, 0.29) is 17.7 Å². The largest absolute Gasteiger partial charge is 0.393 e. The Morgan fingerprint density at radius 1 is 1.53 bits per heavy atom. The first-order chi connectivity index (χ1) is 9.08. The van der Waals surface area contributed by atoms with Crippen molar-refractivity contribution < 1.29 is 10.0 Å². The molecule has 1 aliphatic rings. The number of aromatic nitrogens is 1. The van der Waals surface area contributed by atoms with Gasteiger partial charge in [0, 0.05) is 18.5 Å². The molecule has 2 N–H and O–H groups in total. The SMILES string of the molecule is O=[N+]([O-])c1cnc(NCC2CCCCC2O)c(Br)c1. The fourth-order valence-corrected chi connectivity index (χ4v) is 2.79. The molecule has 1 heterocycles. The quantitative estimate of drug-likeness (QED) is 0.655. The van der Waals surface area contributed by atoms with E-state index in [1.54, 1.807) is 0 Å². The molecule has 0 bridgehead atoms. The number of pyridine rings is 1. The molecular weight excluding hydrogens is 314 g/mol. The number of anilines is 1. The van der Waals surface area contributed by atoms with Gasteiger partial charge in [-0.25, -0.2) is 4.98 Å². The first-order valence-corrected chi connectivity index (χ1v) is 7.09. The summed E-state index contributed by atoms with van der Waals surface area (Å²) in [6.45, 7) is 0.630. The normalized spacial score (nSPS) is 23.1. The fraction of sp³-hybridized carbons (Fsp3) is 0.583. The van der Waals surface area contributed by atoms with E-state index in [0.29, 0.717) is 16.8 Å². The lowest BCUT2D eigenvalue weighted by Gasteiger charge is -2.27. The first kappa shape index (κ1) is 14.2. The maximum absolute atomic E-state index is 10.6. The number of hydrogen-bond donors (Lipinski definition) is 2. The molecule has 19 heavy (non-hydrogen) atoms. The smallest absolute Gasteiger partial charge is 0.288 e. The van der Waals surface area contributed by atoms with E-state index >= 15 is 0 Å². The third-order valence-electron chi connectivity index (χ3n) is 3.44. The van der Waals surface area contributed by atoms with E-state index < -0.39 is 4.92 Å². The summed E-state index contributed by atoms with van der Waals surface area (Å²) >= 11 is 3.26. The molecule has 0 saturated heterocycles. The van der Waals surface area contributed by atoms with Crippen molar-refractivity contribution in [1.29, 1.82) is 0 Å². The van der Waals surface area contributed by atoms with Gasteiger partial charge in [-0.3, -0.25) is 10.1 Å². The van der Waals surface area contributed by atoms with Crippen LogP contribution in [0.3, 0.4) is 0 Å². The van der Waals surface area contributed by atoms with Crippen LogP contribution in [0.15, 0.2) is 16.7 Å². The lowest BCUT2D eigenvalue weighted by atomic mass is 9.86. The number of nitrogens with zero attached hydrogens (tertiary/aromatic N) is 2. The number of rotatable bonds is 4. The number of nitrogens with one attached hydrogen (secondary N) is 1. The maximum Gasteiger partial charge on any atom is 0.288 e. The third-order valence-corrected chi connectivity index (χ3v) is 4.04. The molecule has 1 fully saturated rings. The molecule has 1 aliphatic carbocycles. The van der Waals surface area contributed by atoms with Gasteiger partial charge in [-0.1, -0.05) is 12.8 Å². The van der Waals surface area contributed by atoms with Crippen molar-refractivity contribution in [3.05, 3.63) is 26.9 Å². The molecule has 0 spiro atoms. The lowest BCUT2D eigenvalue weighted by Crippen LogP contribution is -2.30. The van der Waals surface area contributed by atoms with E-state index in [2.05, 4.69) is 26.2 Å². The number of nitro groups is 1. The van der Waals surface area contributed by atoms with Gasteiger partial charge in [0.25, 0.3) is 5.69 Å². The minimum atomic E-state index is -0.480. The van der Waals surface area contributed by atoms with E-state index in [0.717, 1.165) is 25.7 Å². The Labute approximate surface area is 119 Å². The molecule has 2 rings (SSSR count). The lowest BCUT2D eigenvalue weighted by molar-refractivity contribution is -0.385. The topological polar surface area (TPSA) is 88.3 Å². The van der Waals surface area contributed by atoms with Crippen LogP contribution >= 0.6 is 15.9 Å². The zero-order valence-corrected chi connectivity index (χ0v) is 12.0. The van der Waals surface area contributed by atoms with Crippen LogP contribution in [-0.4, -0.2) is 27.7 Å². The standard InChI is InChI=1S/C12H16BrN3O3/c13-10-5-9(16(18)19)7-15-12(10)14-6-8-3-1-2-4-11(8)17/h5,7-8,11,17H,1-4,6H2,(H,14,15). The maximum atomic E-state index is 10.6. The van der Waals surface area contributed by atoms with Crippen molar-refractivity contribution in [3.63, 3.8) is 0 Å². The van der Waals surface area contributed by atoms with Gasteiger partial charge in [0.2, 0.25) is 0 Å². The fourth-order valence-electron chi connectivity index (χ4n) is 2.31. The summed E-state index contributed by atoms with van der Waals surface area (Å²) in [6.07, 6.45) is 5.03. The molecular formula is C12H16BrN3O3. The summed E-state index contributed by atoms with van der Waals surface area (Å²) in [7, 11) is 0. The summed E-state index contributed by atoms with van der Waals surface area (Å²) in [5, 5.41) is 23.6. The highest BCUT2D eigenvalue weighted by Crippen LogP contribution is 2.27. The molecule has 1 aromatic rings. The molecule has 0 aromatic carbocycles. The van der Waals surface area contributed by atoms with E-state index in [1.807, 2.05) is 0 Å². The van der Waals surface area contributed by atoms with Crippen LogP contribution in [0, 0.1) is 16.0 Å². The highest BCUT2D eigenvalue weighted by atomic mass is 79.9. The highest BCUT2D eigenvalue weighted by molar-refractivity contribution is 9.10. The van der Waals surface area contributed by atoms with E-state index in [1.165, 1.54) is 12.3 Å². The molecule has 0 amide bonds. The predicted octanol–water partition coefficient (Wildman–Crippen LogP) is 2.72. The van der Waals surface area contributed by atoms with Gasteiger partial charge < -0.3 is 10.4 Å². The minimum Gasteiger partial charge on any atom is -0.393 e. The van der Waals surface area contributed by atoms with Gasteiger partial charge in [-0.2, -0.15) is 0 Å². The van der Waals surface area contributed by atoms with Crippen LogP contribution in [0.25, 0.3) is 0 Å². The number of aliphatic hydroxyl groups is 1. The summed E-state index contributed by atoms with van der Waals surface area (Å²) in [4.78, 5) is 14.2. The number of halogens is 1. The molecule has 0 aliphatic heterocycles. The van der Waals surface area contributed by atoms with Crippen LogP contribution in [-0.2, 0) is 0 Å². The van der Waals surface area contributed by atoms with Gasteiger partial charge in [-0.05, 0) is 28.8 Å². The highest BCUT2D eigenvalue weighted by Gasteiger charge is 2.23. The zero-order chi connectivity index (χ0) is 13.8. The van der Waals surface area contributed by atoms with Crippen LogP contribution in [0.4, 0.5) is 11.5 Å². The van der Waals surface area contributed by atoms with Crippen molar-refractivity contribution in [3.8, 4) is 0 Å². The van der Waals surface area contributed by atoms with Gasteiger partial charge in [-0.15, -0.1) is 0 Å². The van der Waals surface area contributed by atoms with Gasteiger partial charge in [0.1, 0.15) is 12.0 Å². The number of hydrogen-bond acceptors (Lipinski definition) is 5. The third kappa shape index (κ3) is 3.63. The predicted molar refractivity (Wildman–Crippen MR) is 75.0 cm³/mol. The number of aliphatic hydroxyl groups excluding tert-OH is 1. The summed E-state index contributed by atoms with van der Waals surface area (Å²) < 4.78 is 0.562. The molecule has 104 valence electrons. The summed E-state index contributed by atoms with van der Waals surface area (Å²) in [5.74, 6) is 0.793. The second kappa shape index (κ2) is 6.29. The Hall–Kier alpha value is -1.21. The van der Waals surface area contributed by atoms with Crippen molar-refractivity contribution in [1.82, 2.24) is 4.98 Å². The van der Waals surface area contributed by atoms with Crippen molar-refractivity contribution in [2.24, 2.45) is 5.92 Å². The Kier molecular flexibility index (Phi) is 4.71. The Morgan fingerprint density at radius 3 is 2.89 bits per heavy atom. The average molecular weight is 330 g/mol. The van der Waals surface area contributed by atoms with Gasteiger partial charge in [0.15, 0.2) is 0 Å². The monoisotopic (exact) mass is 329 g/mol. The molecule has 0 radical (unpaired) electrons. The molecule has 2 unspecified atom stereocenters. The minimum absolute atomic E-state index is 0.0462. The van der Waals surface area contributed by atoms with Crippen LogP contribution in [0.5, 0.6) is 0 Å². The Bertz CT molecular complexity index is 470. The van der Waals surface area contributed by atoms with Crippen LogP contribution in [0.1, 0.15) is 25.7 Å². The second-order valence-electron chi connectivity index (χ2n) is 4.77. The average Bonchev–Trinajstić information content (AvgIpc) is 2.39. The molecule has 2 atom stereocenters. The van der Waals surface area contributed by atoms with Crippen LogP contribution < -0.4 is 5.32 Å². The first-order valence-electron chi connectivity index (χ1n) is 6.30. The summed E-state index contributed by atoms with van der Waals surface area (Å²) in [6, 6.07) is 1.42. The van der Waals surface area contributed by atoms with Crippen molar-refractivity contribution >= 4 is 27.4 Å². The van der Waals surface area contributed by atoms with Gasteiger partial charge in [0.05, 0.1) is 15.5 Å². The molecule has 1 saturated carbocycles.